The first-order valence-electron chi connectivity index (χ1n) is 3.41. The molecule has 0 spiro atoms. The van der Waals surface area contributed by atoms with Crippen molar-refractivity contribution in [3.63, 3.8) is 0 Å². The van der Waals surface area contributed by atoms with Gasteiger partial charge in [-0.05, 0) is 6.92 Å². The van der Waals surface area contributed by atoms with Gasteiger partial charge in [0.15, 0.2) is 0 Å². The number of hydrogen-bond donors (Lipinski definition) is 0. The van der Waals surface area contributed by atoms with E-state index in [9.17, 15) is 4.79 Å². The molecule has 0 fully saturated rings. The number of amides is 1. The average molecular weight is 153 g/mol. The third-order valence-corrected chi connectivity index (χ3v) is 1.64. The lowest BCUT2D eigenvalue weighted by molar-refractivity contribution is -0.128. The summed E-state index contributed by atoms with van der Waals surface area (Å²) in [6, 6.07) is 0. The Morgan fingerprint density at radius 2 is 2.36 bits per heavy atom. The van der Waals surface area contributed by atoms with Crippen LogP contribution in [-0.4, -0.2) is 36.9 Å². The topological polar surface area (TPSA) is 45.0 Å². The summed E-state index contributed by atoms with van der Waals surface area (Å²) in [6.45, 7) is 1.83. The molecule has 0 saturated carbocycles. The summed E-state index contributed by atoms with van der Waals surface area (Å²) < 4.78 is 0. The quantitative estimate of drug-likeness (QED) is 0.494. The fourth-order valence-electron chi connectivity index (χ4n) is 1.05. The van der Waals surface area contributed by atoms with Gasteiger partial charge in [-0.1, -0.05) is 0 Å². The van der Waals surface area contributed by atoms with E-state index in [4.69, 9.17) is 0 Å². The highest BCUT2D eigenvalue weighted by atomic mass is 16.2. The molecule has 0 aromatic heterocycles. The maximum absolute atomic E-state index is 11.2. The third-order valence-electron chi connectivity index (χ3n) is 1.64. The molecule has 1 aliphatic rings. The van der Waals surface area contributed by atoms with E-state index in [1.54, 1.807) is 20.3 Å². The number of hydrazone groups is 1. The SMILES string of the molecule is CN=CC1C(=O)N(C)N=C1C. The molecule has 60 valence electrons. The first-order valence-corrected chi connectivity index (χ1v) is 3.41. The van der Waals surface area contributed by atoms with Gasteiger partial charge in [0.05, 0.1) is 5.71 Å². The van der Waals surface area contributed by atoms with Gasteiger partial charge in [0, 0.05) is 20.3 Å². The predicted molar refractivity (Wildman–Crippen MR) is 43.8 cm³/mol. The summed E-state index contributed by atoms with van der Waals surface area (Å²) in [4.78, 5) is 15.0. The van der Waals surface area contributed by atoms with Gasteiger partial charge in [-0.3, -0.25) is 9.79 Å². The highest BCUT2D eigenvalue weighted by Crippen LogP contribution is 2.11. The molecule has 0 aromatic rings. The Morgan fingerprint density at radius 1 is 1.73 bits per heavy atom. The second-order valence-corrected chi connectivity index (χ2v) is 2.49. The van der Waals surface area contributed by atoms with Gasteiger partial charge in [0.2, 0.25) is 0 Å². The molecule has 1 aliphatic heterocycles. The van der Waals surface area contributed by atoms with E-state index in [1.807, 2.05) is 6.92 Å². The van der Waals surface area contributed by atoms with E-state index in [2.05, 4.69) is 10.1 Å². The minimum absolute atomic E-state index is 0.00639. The average Bonchev–Trinajstić information content (AvgIpc) is 2.17. The number of carbonyl (C=O) groups excluding carboxylic acids is 1. The third kappa shape index (κ3) is 1.29. The molecular formula is C7H11N3O. The molecular weight excluding hydrogens is 142 g/mol. The lowest BCUT2D eigenvalue weighted by atomic mass is 10.1. The fourth-order valence-corrected chi connectivity index (χ4v) is 1.05. The molecule has 0 saturated heterocycles. The fraction of sp³-hybridized carbons (Fsp3) is 0.571. The van der Waals surface area contributed by atoms with Crippen LogP contribution < -0.4 is 0 Å². The number of hydrogen-bond acceptors (Lipinski definition) is 3. The Hall–Kier alpha value is -1.19. The molecule has 1 unspecified atom stereocenters. The van der Waals surface area contributed by atoms with Crippen molar-refractivity contribution in [3.8, 4) is 0 Å². The Kier molecular flexibility index (Phi) is 2.03. The zero-order valence-corrected chi connectivity index (χ0v) is 6.90. The first kappa shape index (κ1) is 7.91. The second-order valence-electron chi connectivity index (χ2n) is 2.49. The van der Waals surface area contributed by atoms with Gasteiger partial charge in [-0.15, -0.1) is 0 Å². The lowest BCUT2D eigenvalue weighted by Gasteiger charge is -2.03. The first-order chi connectivity index (χ1) is 5.16. The Balaban J connectivity index is 2.83. The number of carbonyl (C=O) groups is 1. The van der Waals surface area contributed by atoms with Crippen molar-refractivity contribution in [2.45, 2.75) is 6.92 Å². The maximum atomic E-state index is 11.2. The van der Waals surface area contributed by atoms with Crippen LogP contribution in [0.5, 0.6) is 0 Å². The molecule has 4 heteroatoms. The Morgan fingerprint density at radius 3 is 2.73 bits per heavy atom. The summed E-state index contributed by atoms with van der Waals surface area (Å²) >= 11 is 0. The predicted octanol–water partition coefficient (Wildman–Crippen LogP) is 0.151. The summed E-state index contributed by atoms with van der Waals surface area (Å²) in [7, 11) is 3.30. The van der Waals surface area contributed by atoms with Gasteiger partial charge in [0.1, 0.15) is 5.92 Å². The zero-order valence-electron chi connectivity index (χ0n) is 6.90. The molecule has 0 aromatic carbocycles. The smallest absolute Gasteiger partial charge is 0.256 e. The van der Waals surface area contributed by atoms with Gasteiger partial charge in [-0.2, -0.15) is 5.10 Å². The highest BCUT2D eigenvalue weighted by molar-refractivity contribution is 6.17. The van der Waals surface area contributed by atoms with E-state index in [-0.39, 0.29) is 11.8 Å². The minimum Gasteiger partial charge on any atom is -0.300 e. The van der Waals surface area contributed by atoms with Crippen LogP contribution in [0.25, 0.3) is 0 Å². The molecule has 0 N–H and O–H groups in total. The van der Waals surface area contributed by atoms with Crippen molar-refractivity contribution in [2.24, 2.45) is 16.0 Å². The Labute approximate surface area is 65.6 Å². The molecule has 0 bridgehead atoms. The maximum Gasteiger partial charge on any atom is 0.256 e. The van der Waals surface area contributed by atoms with E-state index in [1.165, 1.54) is 5.01 Å². The van der Waals surface area contributed by atoms with Crippen molar-refractivity contribution in [3.05, 3.63) is 0 Å². The molecule has 1 heterocycles. The molecule has 0 aliphatic carbocycles. The van der Waals surface area contributed by atoms with Gasteiger partial charge >= 0.3 is 0 Å². The van der Waals surface area contributed by atoms with Crippen LogP contribution in [0.2, 0.25) is 0 Å². The summed E-state index contributed by atoms with van der Waals surface area (Å²) in [5.74, 6) is -0.238. The van der Waals surface area contributed by atoms with Crippen LogP contribution in [0.15, 0.2) is 10.1 Å². The monoisotopic (exact) mass is 153 g/mol. The van der Waals surface area contributed by atoms with E-state index < -0.39 is 0 Å². The van der Waals surface area contributed by atoms with Crippen molar-refractivity contribution in [2.75, 3.05) is 14.1 Å². The Bertz CT molecular complexity index is 232. The molecule has 0 radical (unpaired) electrons. The van der Waals surface area contributed by atoms with E-state index in [0.717, 1.165) is 5.71 Å². The van der Waals surface area contributed by atoms with Crippen molar-refractivity contribution >= 4 is 17.8 Å². The van der Waals surface area contributed by atoms with Crippen LogP contribution in [0, 0.1) is 5.92 Å². The summed E-state index contributed by atoms with van der Waals surface area (Å²) in [6.07, 6.45) is 1.62. The van der Waals surface area contributed by atoms with Crippen LogP contribution in [0.3, 0.4) is 0 Å². The van der Waals surface area contributed by atoms with Crippen LogP contribution in [-0.2, 0) is 4.79 Å². The number of aliphatic imine (C=N–C) groups is 1. The largest absolute Gasteiger partial charge is 0.300 e. The molecule has 4 nitrogen and oxygen atoms in total. The normalized spacial score (nSPS) is 25.0. The van der Waals surface area contributed by atoms with Crippen molar-refractivity contribution < 1.29 is 4.79 Å². The lowest BCUT2D eigenvalue weighted by Crippen LogP contribution is -2.25. The van der Waals surface area contributed by atoms with Gasteiger partial charge < -0.3 is 0 Å². The molecule has 1 rings (SSSR count). The molecule has 1 amide bonds. The molecule has 11 heavy (non-hydrogen) atoms. The zero-order chi connectivity index (χ0) is 8.43. The number of rotatable bonds is 1. The minimum atomic E-state index is -0.231. The van der Waals surface area contributed by atoms with E-state index in [0.29, 0.717) is 0 Å². The van der Waals surface area contributed by atoms with Crippen molar-refractivity contribution in [1.82, 2.24) is 5.01 Å². The van der Waals surface area contributed by atoms with Crippen LogP contribution in [0.1, 0.15) is 6.92 Å². The standard InChI is InChI=1S/C7H11N3O/c1-5-6(4-8-2)7(11)10(3)9-5/h4,6H,1-3H3. The van der Waals surface area contributed by atoms with Crippen LogP contribution in [0.4, 0.5) is 0 Å². The van der Waals surface area contributed by atoms with Gasteiger partial charge in [-0.25, -0.2) is 5.01 Å². The van der Waals surface area contributed by atoms with Crippen LogP contribution >= 0.6 is 0 Å². The summed E-state index contributed by atoms with van der Waals surface area (Å²) in [5, 5.41) is 5.33. The second kappa shape index (κ2) is 2.82. The van der Waals surface area contributed by atoms with Crippen molar-refractivity contribution in [1.29, 1.82) is 0 Å². The van der Waals surface area contributed by atoms with E-state index >= 15 is 0 Å². The summed E-state index contributed by atoms with van der Waals surface area (Å²) in [5.41, 5.74) is 0.808. The molecule has 1 atom stereocenters. The van der Waals surface area contributed by atoms with Gasteiger partial charge in [0.25, 0.3) is 5.91 Å². The highest BCUT2D eigenvalue weighted by Gasteiger charge is 2.29. The number of nitrogens with zero attached hydrogens (tertiary/aromatic N) is 3.